The van der Waals surface area contributed by atoms with Gasteiger partial charge < -0.3 is 14.8 Å². The first kappa shape index (κ1) is 26.4. The monoisotopic (exact) mass is 513 g/mol. The van der Waals surface area contributed by atoms with Crippen LogP contribution in [0.25, 0.3) is 10.9 Å². The Hall–Kier alpha value is -3.69. The van der Waals surface area contributed by atoms with Gasteiger partial charge in [-0.2, -0.15) is 0 Å². The van der Waals surface area contributed by atoms with Crippen LogP contribution in [0.2, 0.25) is 0 Å². The minimum absolute atomic E-state index is 0.00270. The molecule has 0 spiro atoms. The molecule has 1 aliphatic rings. The molecular weight excluding hydrogens is 483 g/mol. The number of fused-ring (bicyclic) bond motifs is 1. The molecule has 1 saturated heterocycles. The lowest BCUT2D eigenvalue weighted by Gasteiger charge is -2.36. The predicted octanol–water partition coefficient (Wildman–Crippen LogP) is 5.12. The Balaban J connectivity index is 1.85. The zero-order chi connectivity index (χ0) is 27.1. The number of carbonyl (C=O) groups is 1. The van der Waals surface area contributed by atoms with E-state index in [1.54, 1.807) is 22.6 Å². The number of hydrogen-bond acceptors (Lipinski definition) is 5. The number of hydrogen-bond donors (Lipinski definition) is 1. The van der Waals surface area contributed by atoms with Crippen LogP contribution in [0.5, 0.6) is 0 Å². The predicted molar refractivity (Wildman–Crippen MR) is 136 cm³/mol. The van der Waals surface area contributed by atoms with Gasteiger partial charge in [-0.25, -0.2) is 23.1 Å². The first-order valence-electron chi connectivity index (χ1n) is 12.1. The number of nitrogens with zero attached hydrogens (tertiary/aromatic N) is 4. The molecule has 1 aliphatic heterocycles. The smallest absolute Gasteiger partial charge is 0.266 e. The van der Waals surface area contributed by atoms with Crippen molar-refractivity contribution in [1.29, 1.82) is 0 Å². The maximum atomic E-state index is 14.9. The van der Waals surface area contributed by atoms with Crippen molar-refractivity contribution in [3.05, 3.63) is 76.2 Å². The van der Waals surface area contributed by atoms with Gasteiger partial charge in [0.25, 0.3) is 12.0 Å². The van der Waals surface area contributed by atoms with Crippen LogP contribution in [0.1, 0.15) is 56.6 Å². The van der Waals surface area contributed by atoms with Gasteiger partial charge >= 0.3 is 0 Å². The van der Waals surface area contributed by atoms with Crippen molar-refractivity contribution in [3.63, 3.8) is 0 Å². The lowest BCUT2D eigenvalue weighted by Crippen LogP contribution is -2.47. The van der Waals surface area contributed by atoms with Crippen LogP contribution >= 0.6 is 0 Å². The first-order valence-corrected chi connectivity index (χ1v) is 12.1. The van der Waals surface area contributed by atoms with Gasteiger partial charge in [-0.15, -0.1) is 6.58 Å². The highest BCUT2D eigenvalue weighted by Gasteiger charge is 2.44. The molecule has 196 valence electrons. The van der Waals surface area contributed by atoms with Gasteiger partial charge in [0.1, 0.15) is 17.5 Å². The molecule has 37 heavy (non-hydrogen) atoms. The number of halogens is 3. The summed E-state index contributed by atoms with van der Waals surface area (Å²) in [6.45, 7) is 11.9. The highest BCUT2D eigenvalue weighted by Crippen LogP contribution is 2.37. The number of aryl methyl sites for hydroxylation is 1. The molecular formula is C27H30F3N5O2. The van der Waals surface area contributed by atoms with Gasteiger partial charge in [0.05, 0.1) is 28.0 Å². The van der Waals surface area contributed by atoms with Crippen molar-refractivity contribution < 1.29 is 18.0 Å². The molecule has 7 nitrogen and oxygen atoms in total. The highest BCUT2D eigenvalue weighted by atomic mass is 19.3. The maximum absolute atomic E-state index is 14.9. The van der Waals surface area contributed by atoms with Crippen molar-refractivity contribution in [1.82, 2.24) is 19.4 Å². The average Bonchev–Trinajstić information content (AvgIpc) is 3.29. The van der Waals surface area contributed by atoms with E-state index in [9.17, 15) is 22.8 Å². The third-order valence-electron chi connectivity index (χ3n) is 7.28. The first-order chi connectivity index (χ1) is 17.5. The number of nitrogens with one attached hydrogen (secondary N) is 1. The van der Waals surface area contributed by atoms with E-state index in [4.69, 9.17) is 0 Å². The fourth-order valence-corrected chi connectivity index (χ4v) is 5.10. The lowest BCUT2D eigenvalue weighted by molar-refractivity contribution is -0.128. The Morgan fingerprint density at radius 1 is 1.24 bits per heavy atom. The number of anilines is 1. The van der Waals surface area contributed by atoms with E-state index in [2.05, 4.69) is 21.9 Å². The van der Waals surface area contributed by atoms with Crippen LogP contribution < -0.4 is 10.9 Å². The number of carbonyl (C=O) groups excluding carboxylic acids is 1. The third-order valence-corrected chi connectivity index (χ3v) is 7.28. The molecule has 0 radical (unpaired) electrons. The number of aromatic nitrogens is 3. The van der Waals surface area contributed by atoms with Crippen LogP contribution in [-0.4, -0.2) is 38.4 Å². The number of pyridine rings is 1. The molecule has 10 heteroatoms. The minimum atomic E-state index is -2.96. The second-order valence-corrected chi connectivity index (χ2v) is 9.76. The lowest BCUT2D eigenvalue weighted by atomic mass is 9.85. The molecule has 1 fully saturated rings. The molecule has 2 aromatic heterocycles. The molecule has 2 atom stereocenters. The standard InChI is InChI=1S/C27H30F3N5O2/c1-6-21(18-8-7-9-19(24(18)28)25(29)30)33-26-20-13-35(23(37)12-22(20)31-16(4)32-26)27(15(2)3)10-11-34(14-27)17(5)36/h6-9,12-13,15,21,25H,1,10-11,14H2,2-5H3,(H,31,32,33)/t21-,27?/m1/s1. The Bertz CT molecular complexity index is 1420. The van der Waals surface area contributed by atoms with E-state index in [0.717, 1.165) is 6.07 Å². The van der Waals surface area contributed by atoms with Crippen molar-refractivity contribution in [3.8, 4) is 0 Å². The van der Waals surface area contributed by atoms with E-state index in [-0.39, 0.29) is 22.9 Å². The quantitative estimate of drug-likeness (QED) is 0.444. The molecule has 4 rings (SSSR count). The molecule has 3 heterocycles. The van der Waals surface area contributed by atoms with Crippen molar-refractivity contribution in [2.24, 2.45) is 5.92 Å². The fraction of sp³-hybridized carbons (Fsp3) is 0.407. The molecule has 3 aromatic rings. The van der Waals surface area contributed by atoms with E-state index in [0.29, 0.717) is 42.1 Å². The Labute approximate surface area is 213 Å². The van der Waals surface area contributed by atoms with Gasteiger partial charge in [0, 0.05) is 37.8 Å². The van der Waals surface area contributed by atoms with Gasteiger partial charge in [0.15, 0.2) is 0 Å². The van der Waals surface area contributed by atoms with E-state index in [1.165, 1.54) is 31.2 Å². The number of rotatable bonds is 7. The van der Waals surface area contributed by atoms with E-state index >= 15 is 0 Å². The van der Waals surface area contributed by atoms with Gasteiger partial charge in [-0.05, 0) is 19.3 Å². The number of alkyl halides is 2. The SMILES string of the molecule is C=C[C@@H](Nc1nc(C)nc2cc(=O)n(C3(C(C)C)CCN(C(C)=O)C3)cc12)c1cccc(C(F)F)c1F. The number of likely N-dealkylation sites (tertiary alicyclic amines) is 1. The molecule has 0 saturated carbocycles. The van der Waals surface area contributed by atoms with Crippen LogP contribution in [0.4, 0.5) is 19.0 Å². The molecule has 1 aromatic carbocycles. The van der Waals surface area contributed by atoms with Crippen LogP contribution in [0.3, 0.4) is 0 Å². The van der Waals surface area contributed by atoms with Crippen molar-refractivity contribution in [2.75, 3.05) is 18.4 Å². The number of benzene rings is 1. The maximum Gasteiger partial charge on any atom is 0.266 e. The Morgan fingerprint density at radius 3 is 2.54 bits per heavy atom. The summed E-state index contributed by atoms with van der Waals surface area (Å²) >= 11 is 0. The Morgan fingerprint density at radius 2 is 1.95 bits per heavy atom. The van der Waals surface area contributed by atoms with Gasteiger partial charge in [-0.3, -0.25) is 9.59 Å². The normalized spacial score (nSPS) is 18.6. The highest BCUT2D eigenvalue weighted by molar-refractivity contribution is 5.88. The topological polar surface area (TPSA) is 80.1 Å². The van der Waals surface area contributed by atoms with Crippen molar-refractivity contribution >= 4 is 22.6 Å². The summed E-state index contributed by atoms with van der Waals surface area (Å²) in [5, 5.41) is 3.61. The van der Waals surface area contributed by atoms with Crippen LogP contribution in [-0.2, 0) is 10.3 Å². The zero-order valence-electron chi connectivity index (χ0n) is 21.3. The van der Waals surface area contributed by atoms with E-state index < -0.39 is 29.4 Å². The second-order valence-electron chi connectivity index (χ2n) is 9.76. The third kappa shape index (κ3) is 4.72. The summed E-state index contributed by atoms with van der Waals surface area (Å²) in [6.07, 6.45) is 0.723. The summed E-state index contributed by atoms with van der Waals surface area (Å²) in [7, 11) is 0. The van der Waals surface area contributed by atoms with Gasteiger partial charge in [-0.1, -0.05) is 38.1 Å². The molecule has 0 bridgehead atoms. The van der Waals surface area contributed by atoms with Crippen LogP contribution in [0.15, 0.2) is 47.9 Å². The molecule has 1 amide bonds. The summed E-state index contributed by atoms with van der Waals surface area (Å²) < 4.78 is 43.2. The summed E-state index contributed by atoms with van der Waals surface area (Å²) in [4.78, 5) is 36.0. The van der Waals surface area contributed by atoms with E-state index in [1.807, 2.05) is 13.8 Å². The minimum Gasteiger partial charge on any atom is -0.359 e. The van der Waals surface area contributed by atoms with Crippen LogP contribution in [0, 0.1) is 18.7 Å². The molecule has 1 N–H and O–H groups in total. The molecule has 0 aliphatic carbocycles. The average molecular weight is 514 g/mol. The largest absolute Gasteiger partial charge is 0.359 e. The molecule has 1 unspecified atom stereocenters. The summed E-state index contributed by atoms with van der Waals surface area (Å²) in [5.41, 5.74) is -1.20. The number of amides is 1. The van der Waals surface area contributed by atoms with Gasteiger partial charge in [0.2, 0.25) is 5.91 Å². The van der Waals surface area contributed by atoms with Crippen molar-refractivity contribution in [2.45, 2.75) is 52.1 Å². The Kier molecular flexibility index (Phi) is 7.12. The zero-order valence-corrected chi connectivity index (χ0v) is 21.3. The summed E-state index contributed by atoms with van der Waals surface area (Å²) in [5.74, 6) is -0.361. The summed E-state index contributed by atoms with van der Waals surface area (Å²) in [6, 6.07) is 4.37. The second kappa shape index (κ2) is 9.99. The fourth-order valence-electron chi connectivity index (χ4n) is 5.10.